The average molecular weight is 608 g/mol. The van der Waals surface area contributed by atoms with E-state index >= 15 is 0 Å². The van der Waals surface area contributed by atoms with Crippen molar-refractivity contribution < 1.29 is 33.1 Å². The van der Waals surface area contributed by atoms with Crippen LogP contribution in [0.5, 0.6) is 11.5 Å². The average Bonchev–Trinajstić information content (AvgIpc) is 3.36. The van der Waals surface area contributed by atoms with Crippen molar-refractivity contribution in [2.45, 2.75) is 60.6 Å². The molecule has 0 N–H and O–H groups in total. The molecule has 5 heteroatoms. The summed E-state index contributed by atoms with van der Waals surface area (Å²) in [6.07, 6.45) is 0. The fourth-order valence-electron chi connectivity index (χ4n) is 3.03. The molecule has 0 amide bonds. The van der Waals surface area contributed by atoms with Gasteiger partial charge in [0.25, 0.3) is 0 Å². The number of rotatable bonds is 6. The van der Waals surface area contributed by atoms with Crippen molar-refractivity contribution in [3.63, 3.8) is 0 Å². The summed E-state index contributed by atoms with van der Waals surface area (Å²) in [7, 11) is 1.09. The Kier molecular flexibility index (Phi) is 16.4. The molecule has 0 spiro atoms. The van der Waals surface area contributed by atoms with Crippen molar-refractivity contribution in [2.75, 3.05) is 0 Å². The van der Waals surface area contributed by atoms with Crippen molar-refractivity contribution in [3.8, 4) is 11.5 Å². The SMILES string of the molecule is CC(C)(C)C[Si]Oc1cc2ccccc2[cH-]1.CC(C)(C)C[Si]Oc1cc2ccccc2[cH-]1.C[CH]=[Zr].[CH3-].[CH3-]. The third-order valence-corrected chi connectivity index (χ3v) is 7.94. The van der Waals surface area contributed by atoms with Crippen LogP contribution in [0.1, 0.15) is 48.5 Å². The zero-order valence-electron chi connectivity index (χ0n) is 24.2. The molecule has 0 fully saturated rings. The van der Waals surface area contributed by atoms with Gasteiger partial charge in [0, 0.05) is 11.5 Å². The Morgan fingerprint density at radius 2 is 1.03 bits per heavy atom. The third-order valence-electron chi connectivity index (χ3n) is 4.77. The minimum absolute atomic E-state index is 0. The maximum absolute atomic E-state index is 5.79. The second-order valence-electron chi connectivity index (χ2n) is 10.9. The van der Waals surface area contributed by atoms with E-state index in [1.165, 1.54) is 45.8 Å². The summed E-state index contributed by atoms with van der Waals surface area (Å²) in [5, 5.41) is 5.05. The van der Waals surface area contributed by atoms with Gasteiger partial charge >= 0.3 is 54.4 Å². The molecular weight excluding hydrogens is 564 g/mol. The van der Waals surface area contributed by atoms with Crippen LogP contribution in [0.3, 0.4) is 0 Å². The molecule has 0 aliphatic rings. The quantitative estimate of drug-likeness (QED) is 0.161. The van der Waals surface area contributed by atoms with Gasteiger partial charge in [-0.15, -0.1) is 82.2 Å². The zero-order chi connectivity index (χ0) is 25.9. The summed E-state index contributed by atoms with van der Waals surface area (Å²) in [6, 6.07) is 27.4. The Balaban J connectivity index is 0.000000604. The van der Waals surface area contributed by atoms with E-state index in [0.29, 0.717) is 30.4 Å². The second-order valence-corrected chi connectivity index (χ2v) is 14.0. The van der Waals surface area contributed by atoms with Gasteiger partial charge in [0.1, 0.15) is 0 Å². The van der Waals surface area contributed by atoms with E-state index in [0.717, 1.165) is 23.6 Å². The van der Waals surface area contributed by atoms with Crippen LogP contribution in [0.15, 0.2) is 72.8 Å². The summed E-state index contributed by atoms with van der Waals surface area (Å²) in [6.45, 7) is 15.5. The minimum Gasteiger partial charge on any atom is -0.358 e. The zero-order valence-corrected chi connectivity index (χ0v) is 28.7. The van der Waals surface area contributed by atoms with Crippen molar-refractivity contribution >= 4 is 44.8 Å². The molecule has 0 saturated carbocycles. The van der Waals surface area contributed by atoms with Crippen LogP contribution in [0, 0.1) is 25.7 Å². The normalized spacial score (nSPS) is 10.6. The molecule has 4 aromatic rings. The summed E-state index contributed by atoms with van der Waals surface area (Å²) >= 11 is 1.51. The maximum Gasteiger partial charge on any atom is -0.358 e. The topological polar surface area (TPSA) is 18.5 Å². The molecule has 0 bridgehead atoms. The largest absolute Gasteiger partial charge is 0.358 e. The molecule has 0 saturated heterocycles. The molecule has 0 atom stereocenters. The van der Waals surface area contributed by atoms with Gasteiger partial charge in [-0.2, -0.15) is 0 Å². The number of fused-ring (bicyclic) bond motifs is 2. The van der Waals surface area contributed by atoms with Gasteiger partial charge in [0.15, 0.2) is 0 Å². The molecule has 200 valence electrons. The first-order chi connectivity index (χ1) is 16.5. The van der Waals surface area contributed by atoms with E-state index in [1.54, 1.807) is 0 Å². The van der Waals surface area contributed by atoms with E-state index in [9.17, 15) is 0 Å². The maximum atomic E-state index is 5.79. The van der Waals surface area contributed by atoms with Crippen LogP contribution in [0.4, 0.5) is 0 Å². The molecule has 4 rings (SSSR count). The van der Waals surface area contributed by atoms with Gasteiger partial charge in [0.2, 0.25) is 0 Å². The van der Waals surface area contributed by atoms with Gasteiger partial charge in [-0.05, 0) is 22.9 Å². The molecule has 0 aliphatic carbocycles. The molecular formula is C32H44O2Si2Zr-4. The number of benzene rings is 2. The Hall–Kier alpha value is -1.55. The molecule has 0 unspecified atom stereocenters. The van der Waals surface area contributed by atoms with Crippen molar-refractivity contribution in [2.24, 2.45) is 10.8 Å². The van der Waals surface area contributed by atoms with E-state index in [2.05, 4.69) is 118 Å². The predicted molar refractivity (Wildman–Crippen MR) is 165 cm³/mol. The molecule has 0 aliphatic heterocycles. The van der Waals surface area contributed by atoms with Crippen molar-refractivity contribution in [3.05, 3.63) is 87.6 Å². The van der Waals surface area contributed by atoms with Crippen LogP contribution in [0.25, 0.3) is 21.5 Å². The van der Waals surface area contributed by atoms with E-state index in [4.69, 9.17) is 8.85 Å². The van der Waals surface area contributed by atoms with Crippen LogP contribution in [-0.4, -0.2) is 23.2 Å². The summed E-state index contributed by atoms with van der Waals surface area (Å²) < 4.78 is 13.7. The molecule has 37 heavy (non-hydrogen) atoms. The smallest absolute Gasteiger partial charge is 0.358 e. The summed E-state index contributed by atoms with van der Waals surface area (Å²) in [5.41, 5.74) is 0.703. The Morgan fingerprint density at radius 1 is 0.703 bits per heavy atom. The fraction of sp³-hybridized carbons (Fsp3) is 0.344. The Morgan fingerprint density at radius 3 is 1.32 bits per heavy atom. The van der Waals surface area contributed by atoms with Crippen molar-refractivity contribution in [1.82, 2.24) is 0 Å². The van der Waals surface area contributed by atoms with Gasteiger partial charge in [-0.1, -0.05) is 53.7 Å². The first kappa shape index (κ1) is 35.4. The molecule has 2 nitrogen and oxygen atoms in total. The molecule has 4 aromatic carbocycles. The van der Waals surface area contributed by atoms with Gasteiger partial charge in [-0.3, -0.25) is 0 Å². The fourth-order valence-corrected chi connectivity index (χ4v) is 4.61. The summed E-state index contributed by atoms with van der Waals surface area (Å²) in [4.78, 5) is 0. The van der Waals surface area contributed by atoms with E-state index in [1.807, 2.05) is 6.92 Å². The monoisotopic (exact) mass is 606 g/mol. The first-order valence-corrected chi connectivity index (χ1v) is 15.7. The Bertz CT molecular complexity index is 1010. The van der Waals surface area contributed by atoms with Gasteiger partial charge in [-0.25, -0.2) is 0 Å². The molecule has 4 radical (unpaired) electrons. The van der Waals surface area contributed by atoms with Crippen molar-refractivity contribution in [1.29, 1.82) is 0 Å². The number of hydrogen-bond acceptors (Lipinski definition) is 2. The third kappa shape index (κ3) is 14.3. The standard InChI is InChI=1S/2C14H17OSi.C2H4.2CH3.Zr/c2*1-14(2,3)10-16-15-13-8-11-6-4-5-7-12(11)9-13;1-2;;;/h2*4-9H,10H2,1-3H3;1H,2H3;2*1H3;/q2*-1;;2*-1;. The predicted octanol–water partition coefficient (Wildman–Crippen LogP) is 9.30. The first-order valence-electron chi connectivity index (χ1n) is 12.1. The van der Waals surface area contributed by atoms with Gasteiger partial charge in [0.05, 0.1) is 0 Å². The summed E-state index contributed by atoms with van der Waals surface area (Å²) in [5.74, 6) is 2.01. The second kappa shape index (κ2) is 17.1. The van der Waals surface area contributed by atoms with Crippen LogP contribution >= 0.6 is 0 Å². The number of hydrogen-bond donors (Lipinski definition) is 0. The van der Waals surface area contributed by atoms with Gasteiger partial charge < -0.3 is 23.7 Å². The minimum atomic E-state index is 0. The van der Waals surface area contributed by atoms with E-state index in [-0.39, 0.29) is 14.9 Å². The molecule has 0 aromatic heterocycles. The van der Waals surface area contributed by atoms with Crippen LogP contribution in [-0.2, 0) is 24.2 Å². The molecule has 0 heterocycles. The Labute approximate surface area is 247 Å². The van der Waals surface area contributed by atoms with Crippen LogP contribution < -0.4 is 8.85 Å². The van der Waals surface area contributed by atoms with Crippen LogP contribution in [0.2, 0.25) is 12.1 Å². The van der Waals surface area contributed by atoms with E-state index < -0.39 is 0 Å².